The van der Waals surface area contributed by atoms with Gasteiger partial charge in [0.05, 0.1) is 28.1 Å². The fraction of sp³-hybridized carbons (Fsp3) is 0.286. The van der Waals surface area contributed by atoms with Gasteiger partial charge in [0, 0.05) is 17.8 Å². The SMILES string of the molecule is CC(C)n1ncc(Br)c1C(O)c1cnn2ccccc12. The van der Waals surface area contributed by atoms with Crippen LogP contribution in [0.4, 0.5) is 0 Å². The summed E-state index contributed by atoms with van der Waals surface area (Å²) in [6.07, 6.45) is 4.50. The van der Waals surface area contributed by atoms with Gasteiger partial charge in [-0.15, -0.1) is 0 Å². The van der Waals surface area contributed by atoms with Crippen molar-refractivity contribution in [1.82, 2.24) is 19.4 Å². The second-order valence-electron chi connectivity index (χ2n) is 4.95. The van der Waals surface area contributed by atoms with E-state index in [0.29, 0.717) is 0 Å². The molecule has 104 valence electrons. The minimum absolute atomic E-state index is 0.174. The first-order valence-corrected chi connectivity index (χ1v) is 7.22. The highest BCUT2D eigenvalue weighted by molar-refractivity contribution is 9.10. The topological polar surface area (TPSA) is 55.3 Å². The Balaban J connectivity index is 2.13. The van der Waals surface area contributed by atoms with Gasteiger partial charge in [0.15, 0.2) is 0 Å². The summed E-state index contributed by atoms with van der Waals surface area (Å²) in [5, 5.41) is 19.3. The standard InChI is InChI=1S/C14H15BrN4O/c1-9(2)19-13(11(15)8-17-19)14(20)10-7-16-18-6-4-3-5-12(10)18/h3-9,14,20H,1-2H3. The van der Waals surface area contributed by atoms with Crippen LogP contribution in [0.25, 0.3) is 5.52 Å². The second-order valence-corrected chi connectivity index (χ2v) is 5.80. The predicted octanol–water partition coefficient (Wildman–Crippen LogP) is 2.96. The third kappa shape index (κ3) is 2.05. The van der Waals surface area contributed by atoms with Crippen LogP contribution in [-0.4, -0.2) is 24.5 Å². The molecule has 3 aromatic rings. The quantitative estimate of drug-likeness (QED) is 0.801. The molecular weight excluding hydrogens is 320 g/mol. The van der Waals surface area contributed by atoms with E-state index in [1.54, 1.807) is 16.9 Å². The third-order valence-electron chi connectivity index (χ3n) is 3.29. The van der Waals surface area contributed by atoms with Crippen LogP contribution in [0, 0.1) is 0 Å². The molecule has 1 atom stereocenters. The van der Waals surface area contributed by atoms with E-state index in [-0.39, 0.29) is 6.04 Å². The van der Waals surface area contributed by atoms with Gasteiger partial charge in [0.25, 0.3) is 0 Å². The first-order chi connectivity index (χ1) is 9.59. The summed E-state index contributed by atoms with van der Waals surface area (Å²) in [4.78, 5) is 0. The monoisotopic (exact) mass is 334 g/mol. The normalized spacial score (nSPS) is 13.2. The van der Waals surface area contributed by atoms with Crippen LogP contribution in [-0.2, 0) is 0 Å². The van der Waals surface area contributed by atoms with Crippen molar-refractivity contribution in [2.75, 3.05) is 0 Å². The third-order valence-corrected chi connectivity index (χ3v) is 3.90. The van der Waals surface area contributed by atoms with Crippen LogP contribution in [0.2, 0.25) is 0 Å². The lowest BCUT2D eigenvalue weighted by Crippen LogP contribution is -2.12. The molecule has 0 amide bonds. The zero-order valence-corrected chi connectivity index (χ0v) is 12.8. The molecular formula is C14H15BrN4O. The van der Waals surface area contributed by atoms with Gasteiger partial charge in [-0.1, -0.05) is 6.07 Å². The Morgan fingerprint density at radius 3 is 2.75 bits per heavy atom. The van der Waals surface area contributed by atoms with Crippen LogP contribution in [0.1, 0.15) is 37.3 Å². The van der Waals surface area contributed by atoms with E-state index in [2.05, 4.69) is 26.1 Å². The van der Waals surface area contributed by atoms with Gasteiger partial charge in [-0.3, -0.25) is 4.68 Å². The summed E-state index contributed by atoms with van der Waals surface area (Å²) in [6.45, 7) is 4.07. The van der Waals surface area contributed by atoms with E-state index in [0.717, 1.165) is 21.2 Å². The molecule has 0 saturated heterocycles. The van der Waals surface area contributed by atoms with E-state index < -0.39 is 6.10 Å². The maximum atomic E-state index is 10.7. The Labute approximate surface area is 125 Å². The van der Waals surface area contributed by atoms with Crippen LogP contribution in [0.5, 0.6) is 0 Å². The molecule has 20 heavy (non-hydrogen) atoms. The summed E-state index contributed by atoms with van der Waals surface area (Å²) in [6, 6.07) is 5.95. The van der Waals surface area contributed by atoms with Gasteiger partial charge in [-0.2, -0.15) is 10.2 Å². The van der Waals surface area contributed by atoms with Crippen LogP contribution in [0.3, 0.4) is 0 Å². The molecule has 3 heterocycles. The number of rotatable bonds is 3. The van der Waals surface area contributed by atoms with Gasteiger partial charge in [0.1, 0.15) is 6.10 Å². The van der Waals surface area contributed by atoms with Gasteiger partial charge >= 0.3 is 0 Å². The summed E-state index contributed by atoms with van der Waals surface area (Å²) < 4.78 is 4.37. The lowest BCUT2D eigenvalue weighted by molar-refractivity contribution is 0.205. The van der Waals surface area contributed by atoms with Crippen molar-refractivity contribution in [3.63, 3.8) is 0 Å². The molecule has 0 bridgehead atoms. The molecule has 0 aliphatic rings. The lowest BCUT2D eigenvalue weighted by atomic mass is 10.1. The average Bonchev–Trinajstić information content (AvgIpc) is 3.01. The number of nitrogens with zero attached hydrogens (tertiary/aromatic N) is 4. The number of fused-ring (bicyclic) bond motifs is 1. The van der Waals surface area contributed by atoms with E-state index in [1.165, 1.54) is 0 Å². The highest BCUT2D eigenvalue weighted by Gasteiger charge is 2.23. The minimum atomic E-state index is -0.769. The number of halogens is 1. The maximum Gasteiger partial charge on any atom is 0.125 e. The highest BCUT2D eigenvalue weighted by Crippen LogP contribution is 2.32. The van der Waals surface area contributed by atoms with Crippen LogP contribution in [0.15, 0.2) is 41.3 Å². The average molecular weight is 335 g/mol. The number of aliphatic hydroxyl groups excluding tert-OH is 1. The largest absolute Gasteiger partial charge is 0.382 e. The zero-order valence-electron chi connectivity index (χ0n) is 11.2. The van der Waals surface area contributed by atoms with Crippen molar-refractivity contribution < 1.29 is 5.11 Å². The number of hydrogen-bond acceptors (Lipinski definition) is 3. The Kier molecular flexibility index (Phi) is 3.35. The molecule has 3 rings (SSSR count). The zero-order chi connectivity index (χ0) is 14.3. The molecule has 0 radical (unpaired) electrons. The summed E-state index contributed by atoms with van der Waals surface area (Å²) in [5.74, 6) is 0. The van der Waals surface area contributed by atoms with E-state index in [1.807, 2.05) is 42.9 Å². The molecule has 0 aliphatic carbocycles. The molecule has 1 N–H and O–H groups in total. The first-order valence-electron chi connectivity index (χ1n) is 6.43. The Hall–Kier alpha value is -1.66. The van der Waals surface area contributed by atoms with Gasteiger partial charge in [-0.25, -0.2) is 4.52 Å². The molecule has 1 unspecified atom stereocenters. The summed E-state index contributed by atoms with van der Waals surface area (Å²) in [5.41, 5.74) is 2.41. The highest BCUT2D eigenvalue weighted by atomic mass is 79.9. The fourth-order valence-corrected chi connectivity index (χ4v) is 2.82. The van der Waals surface area contributed by atoms with Gasteiger partial charge in [0.2, 0.25) is 0 Å². The smallest absolute Gasteiger partial charge is 0.125 e. The molecule has 0 spiro atoms. The van der Waals surface area contributed by atoms with Crippen molar-refractivity contribution in [1.29, 1.82) is 0 Å². The summed E-state index contributed by atoms with van der Waals surface area (Å²) in [7, 11) is 0. The Bertz CT molecular complexity index is 747. The van der Waals surface area contributed by atoms with Crippen LogP contribution >= 0.6 is 15.9 Å². The maximum absolute atomic E-state index is 10.7. The molecule has 0 aromatic carbocycles. The molecule has 3 aromatic heterocycles. The minimum Gasteiger partial charge on any atom is -0.382 e. The second kappa shape index (κ2) is 5.03. The number of pyridine rings is 1. The molecule has 0 aliphatic heterocycles. The number of aromatic nitrogens is 4. The van der Waals surface area contributed by atoms with Gasteiger partial charge in [-0.05, 0) is 41.9 Å². The van der Waals surface area contributed by atoms with Crippen molar-refractivity contribution in [3.8, 4) is 0 Å². The van der Waals surface area contributed by atoms with Crippen molar-refractivity contribution >= 4 is 21.4 Å². The Morgan fingerprint density at radius 2 is 2.00 bits per heavy atom. The van der Waals surface area contributed by atoms with E-state index >= 15 is 0 Å². The first kappa shape index (κ1) is 13.3. The summed E-state index contributed by atoms with van der Waals surface area (Å²) >= 11 is 3.47. The van der Waals surface area contributed by atoms with Crippen molar-refractivity contribution in [2.24, 2.45) is 0 Å². The lowest BCUT2D eigenvalue weighted by Gasteiger charge is -2.16. The molecule has 5 nitrogen and oxygen atoms in total. The van der Waals surface area contributed by atoms with E-state index in [4.69, 9.17) is 0 Å². The van der Waals surface area contributed by atoms with E-state index in [9.17, 15) is 5.11 Å². The van der Waals surface area contributed by atoms with Gasteiger partial charge < -0.3 is 5.11 Å². The predicted molar refractivity (Wildman–Crippen MR) is 79.6 cm³/mol. The molecule has 0 fully saturated rings. The molecule has 6 heteroatoms. The number of aliphatic hydroxyl groups is 1. The Morgan fingerprint density at radius 1 is 1.20 bits per heavy atom. The number of hydrogen-bond donors (Lipinski definition) is 1. The fourth-order valence-electron chi connectivity index (χ4n) is 2.33. The molecule has 0 saturated carbocycles. The van der Waals surface area contributed by atoms with Crippen molar-refractivity contribution in [3.05, 3.63) is 52.5 Å². The van der Waals surface area contributed by atoms with Crippen LogP contribution < -0.4 is 0 Å². The van der Waals surface area contributed by atoms with Crippen molar-refractivity contribution in [2.45, 2.75) is 26.0 Å².